The molecule has 0 radical (unpaired) electrons. The number of quaternary nitrogens is 1. The van der Waals surface area contributed by atoms with Crippen molar-refractivity contribution in [1.29, 1.82) is 0 Å². The van der Waals surface area contributed by atoms with E-state index < -0.39 is 0 Å². The largest absolute Gasteiger partial charge is 0.286 e. The molecule has 1 unspecified atom stereocenters. The van der Waals surface area contributed by atoms with Gasteiger partial charge in [-0.25, -0.2) is 4.59 Å². The minimum Gasteiger partial charge on any atom is -0.284 e. The van der Waals surface area contributed by atoms with E-state index in [-0.39, 0.29) is 24.4 Å². The average molecular weight is 271 g/mol. The predicted octanol–water partition coefficient (Wildman–Crippen LogP) is 1.03. The topological polar surface area (TPSA) is 32.3 Å². The van der Waals surface area contributed by atoms with Crippen LogP contribution in [0.3, 0.4) is 0 Å². The van der Waals surface area contributed by atoms with Crippen molar-refractivity contribution in [3.63, 3.8) is 0 Å². The van der Waals surface area contributed by atoms with E-state index in [0.717, 1.165) is 6.42 Å². The SMILES string of the molecule is C[N+](C)(C)N1CNC(Cc2ccccc2)C1=O.Cl. The molecule has 18 heavy (non-hydrogen) atoms. The summed E-state index contributed by atoms with van der Waals surface area (Å²) in [6.45, 7) is 0.625. The summed E-state index contributed by atoms with van der Waals surface area (Å²) in [4.78, 5) is 12.2. The smallest absolute Gasteiger partial charge is 0.284 e. The van der Waals surface area contributed by atoms with Crippen LogP contribution in [0.25, 0.3) is 0 Å². The lowest BCUT2D eigenvalue weighted by Crippen LogP contribution is -2.53. The third-order valence-electron chi connectivity index (χ3n) is 3.05. The van der Waals surface area contributed by atoms with Gasteiger partial charge in [0.2, 0.25) is 0 Å². The summed E-state index contributed by atoms with van der Waals surface area (Å²) in [7, 11) is 6.01. The maximum absolute atomic E-state index is 12.2. The van der Waals surface area contributed by atoms with Gasteiger partial charge in [0.1, 0.15) is 6.67 Å². The third kappa shape index (κ3) is 3.22. The van der Waals surface area contributed by atoms with Gasteiger partial charge in [0.15, 0.2) is 0 Å². The van der Waals surface area contributed by atoms with Crippen molar-refractivity contribution in [3.8, 4) is 0 Å². The van der Waals surface area contributed by atoms with Crippen LogP contribution in [0.5, 0.6) is 0 Å². The van der Waals surface area contributed by atoms with Crippen molar-refractivity contribution in [1.82, 2.24) is 10.3 Å². The molecule has 1 heterocycles. The molecular weight excluding hydrogens is 250 g/mol. The second-order valence-corrected chi connectivity index (χ2v) is 5.28. The molecule has 2 rings (SSSR count). The van der Waals surface area contributed by atoms with Gasteiger partial charge in [0.05, 0.1) is 27.2 Å². The van der Waals surface area contributed by atoms with Gasteiger partial charge in [-0.2, -0.15) is 5.01 Å². The van der Waals surface area contributed by atoms with Gasteiger partial charge in [-0.15, -0.1) is 12.4 Å². The molecule has 1 aliphatic heterocycles. The number of halogens is 1. The highest BCUT2D eigenvalue weighted by Crippen LogP contribution is 2.13. The van der Waals surface area contributed by atoms with E-state index in [2.05, 4.69) is 17.4 Å². The van der Waals surface area contributed by atoms with Gasteiger partial charge in [0, 0.05) is 0 Å². The molecule has 5 heteroatoms. The Morgan fingerprint density at radius 3 is 2.39 bits per heavy atom. The van der Waals surface area contributed by atoms with Gasteiger partial charge in [-0.3, -0.25) is 10.1 Å². The molecule has 0 aromatic heterocycles. The third-order valence-corrected chi connectivity index (χ3v) is 3.05. The monoisotopic (exact) mass is 270 g/mol. The van der Waals surface area contributed by atoms with E-state index in [1.165, 1.54) is 5.56 Å². The van der Waals surface area contributed by atoms with Crippen molar-refractivity contribution >= 4 is 18.3 Å². The number of amides is 1. The zero-order valence-corrected chi connectivity index (χ0v) is 11.9. The van der Waals surface area contributed by atoms with Crippen molar-refractivity contribution < 1.29 is 9.39 Å². The van der Waals surface area contributed by atoms with Crippen LogP contribution >= 0.6 is 12.4 Å². The van der Waals surface area contributed by atoms with Gasteiger partial charge in [-0.05, 0) is 12.0 Å². The van der Waals surface area contributed by atoms with Gasteiger partial charge >= 0.3 is 0 Å². The molecule has 1 fully saturated rings. The van der Waals surface area contributed by atoms with Gasteiger partial charge < -0.3 is 0 Å². The fraction of sp³-hybridized carbons (Fsp3) is 0.462. The van der Waals surface area contributed by atoms with E-state index in [1.807, 2.05) is 44.4 Å². The Morgan fingerprint density at radius 2 is 1.89 bits per heavy atom. The van der Waals surface area contributed by atoms with E-state index in [4.69, 9.17) is 0 Å². The highest BCUT2D eigenvalue weighted by atomic mass is 35.5. The Bertz CT molecular complexity index is 402. The molecule has 1 aliphatic rings. The zero-order chi connectivity index (χ0) is 12.5. The molecule has 1 amide bonds. The summed E-state index contributed by atoms with van der Waals surface area (Å²) >= 11 is 0. The molecule has 0 aliphatic carbocycles. The van der Waals surface area contributed by atoms with Gasteiger partial charge in [0.25, 0.3) is 5.91 Å². The van der Waals surface area contributed by atoms with E-state index in [9.17, 15) is 4.79 Å². The quantitative estimate of drug-likeness (QED) is 0.832. The van der Waals surface area contributed by atoms with Crippen LogP contribution in [0.15, 0.2) is 30.3 Å². The van der Waals surface area contributed by atoms with E-state index >= 15 is 0 Å². The van der Waals surface area contributed by atoms with E-state index in [1.54, 1.807) is 0 Å². The number of hydrogen-bond acceptors (Lipinski definition) is 2. The minimum absolute atomic E-state index is 0. The lowest BCUT2D eigenvalue weighted by molar-refractivity contribution is -0.972. The first-order valence-corrected chi connectivity index (χ1v) is 5.89. The second-order valence-electron chi connectivity index (χ2n) is 5.28. The van der Waals surface area contributed by atoms with Crippen LogP contribution in [0.4, 0.5) is 0 Å². The Labute approximate surface area is 115 Å². The highest BCUT2D eigenvalue weighted by Gasteiger charge is 2.38. The molecule has 0 saturated carbocycles. The van der Waals surface area contributed by atoms with Crippen LogP contribution < -0.4 is 5.32 Å². The van der Waals surface area contributed by atoms with E-state index in [0.29, 0.717) is 11.3 Å². The van der Waals surface area contributed by atoms with Crippen LogP contribution in [0, 0.1) is 0 Å². The lowest BCUT2D eigenvalue weighted by Gasteiger charge is -2.32. The number of nitrogens with one attached hydrogen (secondary N) is 1. The number of rotatable bonds is 3. The van der Waals surface area contributed by atoms with Gasteiger partial charge in [-0.1, -0.05) is 30.3 Å². The predicted molar refractivity (Wildman–Crippen MR) is 74.1 cm³/mol. The Balaban J connectivity index is 0.00000162. The lowest BCUT2D eigenvalue weighted by atomic mass is 10.1. The molecule has 1 aromatic carbocycles. The van der Waals surface area contributed by atoms with Crippen molar-refractivity contribution in [2.24, 2.45) is 0 Å². The summed E-state index contributed by atoms with van der Waals surface area (Å²) in [5.74, 6) is 0.182. The number of nitrogens with zero attached hydrogens (tertiary/aromatic N) is 2. The molecule has 1 saturated heterocycles. The first-order chi connectivity index (χ1) is 7.98. The molecule has 1 aromatic rings. The van der Waals surface area contributed by atoms with Crippen LogP contribution in [0.2, 0.25) is 0 Å². The standard InChI is InChI=1S/C13H20N3O.ClH/c1-16(2,3)15-10-14-12(13(15)17)9-11-7-5-4-6-8-11;/h4-8,12,14H,9-10H2,1-3H3;1H/q+1;. The molecule has 4 nitrogen and oxygen atoms in total. The van der Waals surface area contributed by atoms with Crippen LogP contribution in [0.1, 0.15) is 5.56 Å². The highest BCUT2D eigenvalue weighted by molar-refractivity contribution is 5.85. The number of carbonyl (C=O) groups excluding carboxylic acids is 1. The maximum Gasteiger partial charge on any atom is 0.286 e. The average Bonchev–Trinajstić information content (AvgIpc) is 2.61. The first-order valence-electron chi connectivity index (χ1n) is 5.89. The fourth-order valence-electron chi connectivity index (χ4n) is 2.06. The molecule has 0 bridgehead atoms. The number of benzene rings is 1. The number of hydrogen-bond donors (Lipinski definition) is 1. The Morgan fingerprint density at radius 1 is 1.28 bits per heavy atom. The maximum atomic E-state index is 12.2. The van der Waals surface area contributed by atoms with Crippen LogP contribution in [-0.4, -0.2) is 49.4 Å². The Kier molecular flexibility index (Phi) is 4.73. The summed E-state index contributed by atoms with van der Waals surface area (Å²) in [5, 5.41) is 5.11. The summed E-state index contributed by atoms with van der Waals surface area (Å²) in [6.07, 6.45) is 0.760. The fourth-order valence-corrected chi connectivity index (χ4v) is 2.06. The molecule has 0 spiro atoms. The van der Waals surface area contributed by atoms with Crippen LogP contribution in [-0.2, 0) is 11.2 Å². The summed E-state index contributed by atoms with van der Waals surface area (Å²) < 4.78 is 0.539. The zero-order valence-electron chi connectivity index (χ0n) is 11.1. The number of carbonyl (C=O) groups is 1. The minimum atomic E-state index is -0.0882. The molecular formula is C13H21ClN3O+. The first kappa shape index (κ1) is 15.0. The molecule has 1 atom stereocenters. The van der Waals surface area contributed by atoms with Crippen molar-refractivity contribution in [2.45, 2.75) is 12.5 Å². The normalized spacial score (nSPS) is 19.8. The van der Waals surface area contributed by atoms with Crippen molar-refractivity contribution in [2.75, 3.05) is 27.8 Å². The summed E-state index contributed by atoms with van der Waals surface area (Å²) in [6, 6.07) is 10.0. The molecule has 1 N–H and O–H groups in total. The van der Waals surface area contributed by atoms with Crippen molar-refractivity contribution in [3.05, 3.63) is 35.9 Å². The second kappa shape index (κ2) is 5.69. The summed E-state index contributed by atoms with van der Waals surface area (Å²) in [5.41, 5.74) is 1.20. The molecule has 100 valence electrons. The Hall–Kier alpha value is -1.10.